The van der Waals surface area contributed by atoms with Crippen molar-refractivity contribution in [2.24, 2.45) is 0 Å². The van der Waals surface area contributed by atoms with Gasteiger partial charge >= 0.3 is 5.97 Å². The molecular formula is C13H17NO4. The molecule has 1 aromatic carbocycles. The Morgan fingerprint density at radius 2 is 1.89 bits per heavy atom. The van der Waals surface area contributed by atoms with E-state index in [1.165, 1.54) is 6.92 Å². The third-order valence-corrected chi connectivity index (χ3v) is 2.12. The number of nitrogens with one attached hydrogen (secondary N) is 1. The van der Waals surface area contributed by atoms with Gasteiger partial charge in [0.15, 0.2) is 0 Å². The summed E-state index contributed by atoms with van der Waals surface area (Å²) in [5.74, 6) is -0.0115. The molecule has 0 bridgehead atoms. The van der Waals surface area contributed by atoms with Crippen LogP contribution in [0.4, 0.5) is 0 Å². The average Bonchev–Trinajstić information content (AvgIpc) is 2.37. The molecule has 0 saturated heterocycles. The van der Waals surface area contributed by atoms with Crippen molar-refractivity contribution in [1.82, 2.24) is 5.48 Å². The maximum absolute atomic E-state index is 11.2. The highest BCUT2D eigenvalue weighted by atomic mass is 16.7. The second-order valence-electron chi connectivity index (χ2n) is 3.74. The molecule has 0 saturated carbocycles. The van der Waals surface area contributed by atoms with Gasteiger partial charge in [0.05, 0.1) is 6.61 Å². The molecule has 0 fully saturated rings. The monoisotopic (exact) mass is 251 g/mol. The number of hydroxylamine groups is 1. The number of rotatable bonds is 6. The summed E-state index contributed by atoms with van der Waals surface area (Å²) in [6.07, 6.45) is 1.76. The highest BCUT2D eigenvalue weighted by Gasteiger charge is 2.02. The minimum atomic E-state index is -0.532. The van der Waals surface area contributed by atoms with Crippen molar-refractivity contribution in [2.75, 3.05) is 6.61 Å². The Morgan fingerprint density at radius 1 is 1.17 bits per heavy atom. The molecule has 0 aliphatic carbocycles. The molecule has 1 N–H and O–H groups in total. The van der Waals surface area contributed by atoms with Gasteiger partial charge in [-0.3, -0.25) is 9.59 Å². The Morgan fingerprint density at radius 3 is 2.56 bits per heavy atom. The molecule has 5 nitrogen and oxygen atoms in total. The predicted octanol–water partition coefficient (Wildman–Crippen LogP) is 1.83. The maximum atomic E-state index is 11.2. The number of ether oxygens (including phenoxy) is 1. The number of carbonyl (C=O) groups excluding carboxylic acids is 2. The molecule has 1 rings (SSSR count). The Bertz CT molecular complexity index is 378. The fourth-order valence-electron chi connectivity index (χ4n) is 1.27. The van der Waals surface area contributed by atoms with Gasteiger partial charge in [-0.1, -0.05) is 18.2 Å². The summed E-state index contributed by atoms with van der Waals surface area (Å²) in [5, 5.41) is 0. The molecule has 0 radical (unpaired) electrons. The molecular weight excluding hydrogens is 234 g/mol. The quantitative estimate of drug-likeness (QED) is 0.619. The number of para-hydroxylation sites is 1. The minimum Gasteiger partial charge on any atom is -0.494 e. The molecule has 98 valence electrons. The lowest BCUT2D eigenvalue weighted by Gasteiger charge is -2.06. The first-order chi connectivity index (χ1) is 8.68. The average molecular weight is 251 g/mol. The van der Waals surface area contributed by atoms with Crippen molar-refractivity contribution < 1.29 is 19.2 Å². The number of carbonyl (C=O) groups is 2. The lowest BCUT2D eigenvalue weighted by molar-refractivity contribution is -0.156. The van der Waals surface area contributed by atoms with Crippen LogP contribution in [-0.2, 0) is 14.4 Å². The third-order valence-electron chi connectivity index (χ3n) is 2.12. The second kappa shape index (κ2) is 8.11. The van der Waals surface area contributed by atoms with E-state index in [0.29, 0.717) is 19.4 Å². The van der Waals surface area contributed by atoms with Crippen molar-refractivity contribution in [2.45, 2.75) is 26.2 Å². The molecule has 1 aromatic rings. The molecule has 0 unspecified atom stereocenters. The Kier molecular flexibility index (Phi) is 6.32. The van der Waals surface area contributed by atoms with Gasteiger partial charge in [-0.25, -0.2) is 0 Å². The standard InChI is InChI=1S/C13H17NO4/c1-11(15)18-14-13(16)9-5-6-10-17-12-7-3-2-4-8-12/h2-4,7-8H,5-6,9-10H2,1H3,(H,14,16). The number of hydrogen-bond donors (Lipinski definition) is 1. The van der Waals surface area contributed by atoms with Crippen LogP contribution in [-0.4, -0.2) is 18.5 Å². The lowest BCUT2D eigenvalue weighted by Crippen LogP contribution is -2.25. The van der Waals surface area contributed by atoms with Crippen LogP contribution in [0.25, 0.3) is 0 Å². The fraction of sp³-hybridized carbons (Fsp3) is 0.385. The van der Waals surface area contributed by atoms with Gasteiger partial charge in [0.2, 0.25) is 0 Å². The third kappa shape index (κ3) is 6.52. The van der Waals surface area contributed by atoms with Crippen LogP contribution in [0.5, 0.6) is 5.75 Å². The summed E-state index contributed by atoms with van der Waals surface area (Å²) in [5.41, 5.74) is 2.06. The van der Waals surface area contributed by atoms with Crippen molar-refractivity contribution in [3.8, 4) is 5.75 Å². The van der Waals surface area contributed by atoms with Gasteiger partial charge in [-0.15, -0.1) is 0 Å². The maximum Gasteiger partial charge on any atom is 0.329 e. The van der Waals surface area contributed by atoms with Gasteiger partial charge in [-0.2, -0.15) is 5.48 Å². The minimum absolute atomic E-state index is 0.301. The van der Waals surface area contributed by atoms with Crippen LogP contribution in [0.2, 0.25) is 0 Å². The zero-order valence-corrected chi connectivity index (χ0v) is 10.3. The van der Waals surface area contributed by atoms with Crippen LogP contribution < -0.4 is 10.2 Å². The topological polar surface area (TPSA) is 64.6 Å². The first kappa shape index (κ1) is 14.0. The highest BCUT2D eigenvalue weighted by Crippen LogP contribution is 2.09. The van der Waals surface area contributed by atoms with Crippen LogP contribution in [0.3, 0.4) is 0 Å². The molecule has 0 aliphatic rings. The second-order valence-corrected chi connectivity index (χ2v) is 3.74. The van der Waals surface area contributed by atoms with E-state index in [1.54, 1.807) is 0 Å². The van der Waals surface area contributed by atoms with E-state index < -0.39 is 5.97 Å². The van der Waals surface area contributed by atoms with Crippen LogP contribution in [0.1, 0.15) is 26.2 Å². The van der Waals surface area contributed by atoms with Crippen LogP contribution in [0.15, 0.2) is 30.3 Å². The molecule has 0 aromatic heterocycles. The van der Waals surface area contributed by atoms with E-state index in [2.05, 4.69) is 10.3 Å². The first-order valence-corrected chi connectivity index (χ1v) is 5.82. The molecule has 5 heteroatoms. The number of benzene rings is 1. The summed E-state index contributed by atoms with van der Waals surface area (Å²) < 4.78 is 5.47. The van der Waals surface area contributed by atoms with Gasteiger partial charge in [0.25, 0.3) is 5.91 Å². The summed E-state index contributed by atoms with van der Waals surface area (Å²) in [6, 6.07) is 9.50. The van der Waals surface area contributed by atoms with Crippen molar-refractivity contribution in [1.29, 1.82) is 0 Å². The summed E-state index contributed by atoms with van der Waals surface area (Å²) in [4.78, 5) is 25.9. The number of amides is 1. The highest BCUT2D eigenvalue weighted by molar-refractivity contribution is 5.77. The van der Waals surface area contributed by atoms with Crippen LogP contribution >= 0.6 is 0 Å². The number of unbranched alkanes of at least 4 members (excludes halogenated alkanes) is 1. The molecule has 0 heterocycles. The van der Waals surface area contributed by atoms with Crippen molar-refractivity contribution in [3.05, 3.63) is 30.3 Å². The lowest BCUT2D eigenvalue weighted by atomic mass is 10.2. The smallest absolute Gasteiger partial charge is 0.329 e. The van der Waals surface area contributed by atoms with Crippen molar-refractivity contribution >= 4 is 11.9 Å². The van der Waals surface area contributed by atoms with E-state index in [4.69, 9.17) is 4.74 Å². The van der Waals surface area contributed by atoms with Gasteiger partial charge < -0.3 is 9.57 Å². The van der Waals surface area contributed by atoms with Gasteiger partial charge in [0.1, 0.15) is 5.75 Å². The van der Waals surface area contributed by atoms with E-state index in [-0.39, 0.29) is 5.91 Å². The largest absolute Gasteiger partial charge is 0.494 e. The predicted molar refractivity (Wildman–Crippen MR) is 65.7 cm³/mol. The number of hydrogen-bond acceptors (Lipinski definition) is 4. The fourth-order valence-corrected chi connectivity index (χ4v) is 1.27. The Labute approximate surface area is 106 Å². The molecule has 1 amide bonds. The summed E-state index contributed by atoms with van der Waals surface area (Å²) in [6.45, 7) is 1.79. The molecule has 0 spiro atoms. The Balaban J connectivity index is 2.02. The first-order valence-electron chi connectivity index (χ1n) is 5.82. The normalized spacial score (nSPS) is 9.61. The molecule has 0 aliphatic heterocycles. The van der Waals surface area contributed by atoms with Crippen LogP contribution in [0, 0.1) is 0 Å². The zero-order valence-electron chi connectivity index (χ0n) is 10.3. The van der Waals surface area contributed by atoms with E-state index in [9.17, 15) is 9.59 Å². The molecule has 0 atom stereocenters. The van der Waals surface area contributed by atoms with E-state index in [1.807, 2.05) is 30.3 Å². The zero-order chi connectivity index (χ0) is 13.2. The molecule has 18 heavy (non-hydrogen) atoms. The van der Waals surface area contributed by atoms with E-state index >= 15 is 0 Å². The summed E-state index contributed by atoms with van der Waals surface area (Å²) >= 11 is 0. The van der Waals surface area contributed by atoms with E-state index in [0.717, 1.165) is 12.2 Å². The Hall–Kier alpha value is -2.04. The van der Waals surface area contributed by atoms with Gasteiger partial charge in [0, 0.05) is 13.3 Å². The van der Waals surface area contributed by atoms with Gasteiger partial charge in [-0.05, 0) is 25.0 Å². The SMILES string of the molecule is CC(=O)ONC(=O)CCCCOc1ccccc1. The summed E-state index contributed by atoms with van der Waals surface area (Å²) in [7, 11) is 0. The van der Waals surface area contributed by atoms with Crippen molar-refractivity contribution in [3.63, 3.8) is 0 Å².